The Morgan fingerprint density at radius 1 is 0.964 bits per heavy atom. The van der Waals surface area contributed by atoms with Crippen LogP contribution >= 0.6 is 11.8 Å². The van der Waals surface area contributed by atoms with Crippen LogP contribution in [-0.2, 0) is 9.53 Å². The summed E-state index contributed by atoms with van der Waals surface area (Å²) in [6.45, 7) is 4.77. The molecule has 0 heterocycles. The highest BCUT2D eigenvalue weighted by molar-refractivity contribution is 8.00. The summed E-state index contributed by atoms with van der Waals surface area (Å²) in [5.74, 6) is 0.355. The molecule has 0 aliphatic carbocycles. The molecule has 2 aromatic carbocycles. The molecule has 3 nitrogen and oxygen atoms in total. The van der Waals surface area contributed by atoms with E-state index in [4.69, 9.17) is 4.74 Å². The Kier molecular flexibility index (Phi) is 9.84. The zero-order valence-electron chi connectivity index (χ0n) is 16.8. The van der Waals surface area contributed by atoms with Gasteiger partial charge in [0.1, 0.15) is 0 Å². The minimum absolute atomic E-state index is 0.0129. The number of benzene rings is 2. The zero-order chi connectivity index (χ0) is 20.2. The molecule has 4 heteroatoms. The third-order valence-electron chi connectivity index (χ3n) is 4.79. The molecule has 0 radical (unpaired) electrons. The number of carbonyl (C=O) groups is 2. The Bertz CT molecular complexity index is 715. The van der Waals surface area contributed by atoms with Crippen molar-refractivity contribution in [3.63, 3.8) is 0 Å². The second kappa shape index (κ2) is 12.4. The highest BCUT2D eigenvalue weighted by atomic mass is 32.2. The van der Waals surface area contributed by atoms with Crippen molar-refractivity contribution in [2.75, 3.05) is 12.4 Å². The zero-order valence-corrected chi connectivity index (χ0v) is 17.6. The Balaban J connectivity index is 1.97. The van der Waals surface area contributed by atoms with Crippen LogP contribution in [-0.4, -0.2) is 24.1 Å². The number of hydrogen-bond donors (Lipinski definition) is 0. The van der Waals surface area contributed by atoms with Crippen LogP contribution in [0.3, 0.4) is 0 Å². The third-order valence-corrected chi connectivity index (χ3v) is 6.01. The molecule has 28 heavy (non-hydrogen) atoms. The molecule has 150 valence electrons. The molecule has 0 N–H and O–H groups in total. The topological polar surface area (TPSA) is 43.4 Å². The van der Waals surface area contributed by atoms with Gasteiger partial charge in [-0.2, -0.15) is 0 Å². The summed E-state index contributed by atoms with van der Waals surface area (Å²) in [6, 6.07) is 18.9. The average Bonchev–Trinajstić information content (AvgIpc) is 2.75. The van der Waals surface area contributed by atoms with Crippen LogP contribution in [0.25, 0.3) is 0 Å². The van der Waals surface area contributed by atoms with E-state index in [9.17, 15) is 9.59 Å². The smallest absolute Gasteiger partial charge is 0.315 e. The van der Waals surface area contributed by atoms with Gasteiger partial charge in [-0.1, -0.05) is 93.8 Å². The molecular formula is C24H30O3S. The Morgan fingerprint density at radius 3 is 2.21 bits per heavy atom. The number of unbranched alkanes of at least 4 members (excludes halogenated alkanes) is 1. The Labute approximate surface area is 172 Å². The molecule has 0 aromatic heterocycles. The van der Waals surface area contributed by atoms with E-state index >= 15 is 0 Å². The monoisotopic (exact) mass is 398 g/mol. The highest BCUT2D eigenvalue weighted by Crippen LogP contribution is 2.32. The maximum atomic E-state index is 13.0. The first-order valence-electron chi connectivity index (χ1n) is 10.1. The molecule has 2 aromatic rings. The van der Waals surface area contributed by atoms with Gasteiger partial charge < -0.3 is 4.74 Å². The summed E-state index contributed by atoms with van der Waals surface area (Å²) in [6.07, 6.45) is 4.42. The predicted octanol–water partition coefficient (Wildman–Crippen LogP) is 6.10. The fraction of sp³-hybridized carbons (Fsp3) is 0.417. The first kappa shape index (κ1) is 22.2. The van der Waals surface area contributed by atoms with Crippen LogP contribution in [0.5, 0.6) is 0 Å². The third kappa shape index (κ3) is 7.16. The maximum absolute atomic E-state index is 13.0. The molecule has 2 rings (SSSR count). The number of esters is 1. The lowest BCUT2D eigenvalue weighted by atomic mass is 10.0. The van der Waals surface area contributed by atoms with E-state index < -0.39 is 5.25 Å². The number of Topliss-reactive ketones (excluding diaryl/α,β-unsaturated/α-hetero) is 1. The van der Waals surface area contributed by atoms with Crippen molar-refractivity contribution in [2.45, 2.75) is 44.8 Å². The van der Waals surface area contributed by atoms with Crippen molar-refractivity contribution in [2.24, 2.45) is 5.92 Å². The van der Waals surface area contributed by atoms with E-state index in [1.807, 2.05) is 60.7 Å². The second-order valence-electron chi connectivity index (χ2n) is 6.93. The molecule has 0 amide bonds. The molecule has 0 fully saturated rings. The molecule has 0 aliphatic heterocycles. The van der Waals surface area contributed by atoms with E-state index in [0.29, 0.717) is 18.1 Å². The van der Waals surface area contributed by atoms with Gasteiger partial charge in [0.15, 0.2) is 5.78 Å². The number of thioether (sulfide) groups is 1. The van der Waals surface area contributed by atoms with E-state index in [-0.39, 0.29) is 17.5 Å². The van der Waals surface area contributed by atoms with Gasteiger partial charge in [-0.3, -0.25) is 9.59 Å². The molecule has 0 bridgehead atoms. The van der Waals surface area contributed by atoms with Crippen molar-refractivity contribution in [1.82, 2.24) is 0 Å². The van der Waals surface area contributed by atoms with Gasteiger partial charge in [0.2, 0.25) is 0 Å². The summed E-state index contributed by atoms with van der Waals surface area (Å²) < 4.78 is 5.49. The van der Waals surface area contributed by atoms with Gasteiger partial charge in [0.25, 0.3) is 0 Å². The standard InChI is InChI=1S/C24H30O3S/c1-3-5-12-19(4-2)17-27-22(25)18-28-24(21-15-10-7-11-16-21)23(26)20-13-8-6-9-14-20/h6-11,13-16,19,24H,3-5,12,17-18H2,1-2H3/t19-,24-/m0/s1. The van der Waals surface area contributed by atoms with Gasteiger partial charge >= 0.3 is 5.97 Å². The van der Waals surface area contributed by atoms with Crippen molar-refractivity contribution in [1.29, 1.82) is 0 Å². The number of ether oxygens (including phenoxy) is 1. The van der Waals surface area contributed by atoms with E-state index in [1.165, 1.54) is 11.8 Å². The van der Waals surface area contributed by atoms with Crippen LogP contribution in [0.4, 0.5) is 0 Å². The first-order chi connectivity index (χ1) is 13.7. The molecule has 0 saturated heterocycles. The lowest BCUT2D eigenvalue weighted by Crippen LogP contribution is -2.17. The number of ketones is 1. The minimum Gasteiger partial charge on any atom is -0.465 e. The second-order valence-corrected chi connectivity index (χ2v) is 8.02. The highest BCUT2D eigenvalue weighted by Gasteiger charge is 2.24. The molecule has 0 spiro atoms. The normalized spacial score (nSPS) is 12.9. The van der Waals surface area contributed by atoms with Gasteiger partial charge in [-0.15, -0.1) is 11.8 Å². The Morgan fingerprint density at radius 2 is 1.61 bits per heavy atom. The largest absolute Gasteiger partial charge is 0.465 e. The van der Waals surface area contributed by atoms with Crippen molar-refractivity contribution in [3.8, 4) is 0 Å². The van der Waals surface area contributed by atoms with Crippen LogP contribution in [0.15, 0.2) is 60.7 Å². The van der Waals surface area contributed by atoms with Crippen molar-refractivity contribution in [3.05, 3.63) is 71.8 Å². The lowest BCUT2D eigenvalue weighted by molar-refractivity contribution is -0.141. The van der Waals surface area contributed by atoms with Gasteiger partial charge in [0.05, 0.1) is 17.6 Å². The van der Waals surface area contributed by atoms with Crippen LogP contribution in [0.2, 0.25) is 0 Å². The number of hydrogen-bond acceptors (Lipinski definition) is 4. The molecule has 0 unspecified atom stereocenters. The molecule has 2 atom stereocenters. The summed E-state index contributed by atoms with van der Waals surface area (Å²) >= 11 is 1.34. The van der Waals surface area contributed by atoms with Crippen molar-refractivity contribution < 1.29 is 14.3 Å². The number of rotatable bonds is 12. The number of carbonyl (C=O) groups excluding carboxylic acids is 2. The lowest BCUT2D eigenvalue weighted by Gasteiger charge is -2.17. The summed E-state index contributed by atoms with van der Waals surface area (Å²) in [7, 11) is 0. The summed E-state index contributed by atoms with van der Waals surface area (Å²) in [5, 5.41) is -0.418. The fourth-order valence-corrected chi connectivity index (χ4v) is 4.03. The van der Waals surface area contributed by atoms with E-state index in [1.54, 1.807) is 0 Å². The van der Waals surface area contributed by atoms with E-state index in [0.717, 1.165) is 31.2 Å². The van der Waals surface area contributed by atoms with Gasteiger partial charge in [-0.05, 0) is 17.9 Å². The Hall–Kier alpha value is -2.07. The summed E-state index contributed by atoms with van der Waals surface area (Å²) in [5.41, 5.74) is 1.56. The van der Waals surface area contributed by atoms with Crippen LogP contribution in [0.1, 0.15) is 60.7 Å². The van der Waals surface area contributed by atoms with Crippen LogP contribution < -0.4 is 0 Å². The quantitative estimate of drug-likeness (QED) is 0.320. The SMILES string of the molecule is CCCC[C@H](CC)COC(=O)CS[C@H](C(=O)c1ccccc1)c1ccccc1. The average molecular weight is 399 g/mol. The van der Waals surface area contributed by atoms with E-state index in [2.05, 4.69) is 13.8 Å². The minimum atomic E-state index is -0.418. The van der Waals surface area contributed by atoms with Gasteiger partial charge in [-0.25, -0.2) is 0 Å². The molecule has 0 aliphatic rings. The van der Waals surface area contributed by atoms with Gasteiger partial charge in [0, 0.05) is 5.56 Å². The van der Waals surface area contributed by atoms with Crippen LogP contribution in [0, 0.1) is 5.92 Å². The molecular weight excluding hydrogens is 368 g/mol. The first-order valence-corrected chi connectivity index (χ1v) is 11.1. The van der Waals surface area contributed by atoms with Crippen molar-refractivity contribution >= 4 is 23.5 Å². The molecule has 0 saturated carbocycles. The maximum Gasteiger partial charge on any atom is 0.315 e. The fourth-order valence-electron chi connectivity index (χ4n) is 3.01. The summed E-state index contributed by atoms with van der Waals surface area (Å²) in [4.78, 5) is 25.3. The predicted molar refractivity (Wildman–Crippen MR) is 117 cm³/mol.